The predicted molar refractivity (Wildman–Crippen MR) is 97.9 cm³/mol. The van der Waals surface area contributed by atoms with Crippen molar-refractivity contribution in [1.29, 1.82) is 0 Å². The van der Waals surface area contributed by atoms with Crippen LogP contribution in [0.4, 0.5) is 5.82 Å². The van der Waals surface area contributed by atoms with Crippen molar-refractivity contribution in [2.75, 3.05) is 31.1 Å². The van der Waals surface area contributed by atoms with Crippen LogP contribution in [0.2, 0.25) is 5.15 Å². The average molecular weight is 360 g/mol. The van der Waals surface area contributed by atoms with Gasteiger partial charge >= 0.3 is 0 Å². The van der Waals surface area contributed by atoms with Gasteiger partial charge in [0.15, 0.2) is 11.0 Å². The maximum Gasteiger partial charge on any atom is 0.227 e. The second kappa shape index (κ2) is 7.78. The van der Waals surface area contributed by atoms with Crippen LogP contribution in [0.3, 0.4) is 0 Å². The number of carbonyl (C=O) groups is 1. The third-order valence-corrected chi connectivity index (χ3v) is 4.57. The second-order valence-corrected chi connectivity index (χ2v) is 6.89. The van der Waals surface area contributed by atoms with Gasteiger partial charge in [0.05, 0.1) is 6.42 Å². The van der Waals surface area contributed by atoms with Crippen LogP contribution in [0.15, 0.2) is 30.5 Å². The van der Waals surface area contributed by atoms with E-state index in [9.17, 15) is 4.79 Å². The molecule has 0 N–H and O–H groups in total. The molecule has 7 heteroatoms. The molecule has 1 fully saturated rings. The SMILES string of the molecule is CC(C)c1ccc(CC(=O)N2CCN(c3ccc(Cl)nn3)CC2)cn1. The van der Waals surface area contributed by atoms with Crippen molar-refractivity contribution in [3.8, 4) is 0 Å². The molecule has 1 aliphatic rings. The van der Waals surface area contributed by atoms with Crippen LogP contribution in [-0.2, 0) is 11.2 Å². The van der Waals surface area contributed by atoms with Crippen LogP contribution in [0.25, 0.3) is 0 Å². The number of aromatic nitrogens is 3. The van der Waals surface area contributed by atoms with Crippen LogP contribution in [0.1, 0.15) is 31.0 Å². The Bertz CT molecular complexity index is 709. The highest BCUT2D eigenvalue weighted by Gasteiger charge is 2.22. The first kappa shape index (κ1) is 17.6. The van der Waals surface area contributed by atoms with E-state index in [0.29, 0.717) is 30.6 Å². The Balaban J connectivity index is 1.53. The van der Waals surface area contributed by atoms with Gasteiger partial charge in [-0.1, -0.05) is 31.5 Å². The quantitative estimate of drug-likeness (QED) is 0.839. The number of halogens is 1. The maximum atomic E-state index is 12.5. The normalized spacial score (nSPS) is 14.9. The molecule has 132 valence electrons. The van der Waals surface area contributed by atoms with Crippen LogP contribution < -0.4 is 4.90 Å². The first-order chi connectivity index (χ1) is 12.0. The molecular formula is C18H22ClN5O. The summed E-state index contributed by atoms with van der Waals surface area (Å²) in [7, 11) is 0. The predicted octanol–water partition coefficient (Wildman–Crippen LogP) is 2.54. The number of rotatable bonds is 4. The summed E-state index contributed by atoms with van der Waals surface area (Å²) in [5.41, 5.74) is 2.01. The van der Waals surface area contributed by atoms with E-state index in [-0.39, 0.29) is 5.91 Å². The maximum absolute atomic E-state index is 12.5. The molecule has 0 aliphatic carbocycles. The second-order valence-electron chi connectivity index (χ2n) is 6.50. The third kappa shape index (κ3) is 4.45. The van der Waals surface area contributed by atoms with Gasteiger partial charge in [-0.15, -0.1) is 10.2 Å². The number of pyridine rings is 1. The first-order valence-corrected chi connectivity index (χ1v) is 8.87. The van der Waals surface area contributed by atoms with E-state index in [2.05, 4.69) is 33.9 Å². The van der Waals surface area contributed by atoms with E-state index in [4.69, 9.17) is 11.6 Å². The number of hydrogen-bond acceptors (Lipinski definition) is 5. The van der Waals surface area contributed by atoms with Crippen molar-refractivity contribution in [2.24, 2.45) is 0 Å². The van der Waals surface area contributed by atoms with Gasteiger partial charge in [-0.25, -0.2) is 0 Å². The Hall–Kier alpha value is -2.21. The average Bonchev–Trinajstić information content (AvgIpc) is 2.63. The van der Waals surface area contributed by atoms with Crippen LogP contribution in [0, 0.1) is 0 Å². The Labute approximate surface area is 152 Å². The lowest BCUT2D eigenvalue weighted by Crippen LogP contribution is -2.49. The molecule has 6 nitrogen and oxygen atoms in total. The van der Waals surface area contributed by atoms with Gasteiger partial charge in [0.25, 0.3) is 0 Å². The molecule has 0 bridgehead atoms. The molecule has 0 radical (unpaired) electrons. The van der Waals surface area contributed by atoms with Crippen LogP contribution in [-0.4, -0.2) is 52.2 Å². The minimum absolute atomic E-state index is 0.140. The summed E-state index contributed by atoms with van der Waals surface area (Å²) in [4.78, 5) is 21.0. The summed E-state index contributed by atoms with van der Waals surface area (Å²) in [6.07, 6.45) is 2.21. The minimum Gasteiger partial charge on any atom is -0.352 e. The van der Waals surface area contributed by atoms with Crippen molar-refractivity contribution in [3.63, 3.8) is 0 Å². The Morgan fingerprint density at radius 3 is 2.44 bits per heavy atom. The third-order valence-electron chi connectivity index (χ3n) is 4.37. The van der Waals surface area contributed by atoms with Gasteiger partial charge in [-0.3, -0.25) is 9.78 Å². The number of nitrogens with zero attached hydrogens (tertiary/aromatic N) is 5. The number of anilines is 1. The Morgan fingerprint density at radius 2 is 1.88 bits per heavy atom. The summed E-state index contributed by atoms with van der Waals surface area (Å²) in [6.45, 7) is 7.07. The number of hydrogen-bond donors (Lipinski definition) is 0. The fourth-order valence-electron chi connectivity index (χ4n) is 2.83. The summed E-state index contributed by atoms with van der Waals surface area (Å²) < 4.78 is 0. The topological polar surface area (TPSA) is 62.2 Å². The van der Waals surface area contributed by atoms with Gasteiger partial charge in [0.2, 0.25) is 5.91 Å². The molecule has 3 heterocycles. The van der Waals surface area contributed by atoms with Crippen LogP contribution >= 0.6 is 11.6 Å². The standard InChI is InChI=1S/C18H22ClN5O/c1-13(2)15-4-3-14(12-20-15)11-18(25)24-9-7-23(8-10-24)17-6-5-16(19)21-22-17/h3-6,12-13H,7-11H2,1-2H3. The lowest BCUT2D eigenvalue weighted by Gasteiger charge is -2.35. The zero-order valence-electron chi connectivity index (χ0n) is 14.5. The largest absolute Gasteiger partial charge is 0.352 e. The summed E-state index contributed by atoms with van der Waals surface area (Å²) in [5.74, 6) is 1.33. The summed E-state index contributed by atoms with van der Waals surface area (Å²) >= 11 is 5.77. The fourth-order valence-corrected chi connectivity index (χ4v) is 2.93. The van der Waals surface area contributed by atoms with Gasteiger partial charge in [0, 0.05) is 38.1 Å². The molecule has 0 atom stereocenters. The fraction of sp³-hybridized carbons (Fsp3) is 0.444. The first-order valence-electron chi connectivity index (χ1n) is 8.49. The number of piperazine rings is 1. The van der Waals surface area contributed by atoms with Crippen molar-refractivity contribution < 1.29 is 4.79 Å². The van der Waals surface area contributed by atoms with Crippen molar-refractivity contribution in [1.82, 2.24) is 20.1 Å². The van der Waals surface area contributed by atoms with Gasteiger partial charge in [0.1, 0.15) is 0 Å². The van der Waals surface area contributed by atoms with Crippen molar-refractivity contribution in [3.05, 3.63) is 46.9 Å². The highest BCUT2D eigenvalue weighted by molar-refractivity contribution is 6.29. The molecule has 0 unspecified atom stereocenters. The molecule has 2 aromatic rings. The van der Waals surface area contributed by atoms with E-state index in [1.807, 2.05) is 29.3 Å². The molecule has 0 aromatic carbocycles. The monoisotopic (exact) mass is 359 g/mol. The van der Waals surface area contributed by atoms with Gasteiger partial charge in [-0.05, 0) is 29.7 Å². The Morgan fingerprint density at radius 1 is 1.12 bits per heavy atom. The molecule has 25 heavy (non-hydrogen) atoms. The van der Waals surface area contributed by atoms with E-state index in [0.717, 1.165) is 30.2 Å². The highest BCUT2D eigenvalue weighted by Crippen LogP contribution is 2.16. The smallest absolute Gasteiger partial charge is 0.227 e. The molecule has 1 amide bonds. The molecule has 0 saturated carbocycles. The molecular weight excluding hydrogens is 338 g/mol. The minimum atomic E-state index is 0.140. The van der Waals surface area contributed by atoms with Crippen molar-refractivity contribution >= 4 is 23.3 Å². The Kier molecular flexibility index (Phi) is 5.48. The van der Waals surface area contributed by atoms with Gasteiger partial charge < -0.3 is 9.80 Å². The number of carbonyl (C=O) groups excluding carboxylic acids is 1. The van der Waals surface area contributed by atoms with E-state index in [1.165, 1.54) is 0 Å². The molecule has 1 aliphatic heterocycles. The molecule has 1 saturated heterocycles. The summed E-state index contributed by atoms with van der Waals surface area (Å²) in [5, 5.41) is 8.35. The lowest BCUT2D eigenvalue weighted by atomic mass is 10.1. The van der Waals surface area contributed by atoms with Crippen LogP contribution in [0.5, 0.6) is 0 Å². The molecule has 0 spiro atoms. The summed E-state index contributed by atoms with van der Waals surface area (Å²) in [6, 6.07) is 7.59. The zero-order chi connectivity index (χ0) is 17.8. The van der Waals surface area contributed by atoms with E-state index in [1.54, 1.807) is 6.07 Å². The van der Waals surface area contributed by atoms with E-state index < -0.39 is 0 Å². The number of amides is 1. The molecule has 2 aromatic heterocycles. The van der Waals surface area contributed by atoms with Crippen molar-refractivity contribution in [2.45, 2.75) is 26.2 Å². The lowest BCUT2D eigenvalue weighted by molar-refractivity contribution is -0.130. The van der Waals surface area contributed by atoms with E-state index >= 15 is 0 Å². The molecule has 3 rings (SSSR count). The highest BCUT2D eigenvalue weighted by atomic mass is 35.5. The zero-order valence-corrected chi connectivity index (χ0v) is 15.3. The van der Waals surface area contributed by atoms with Gasteiger partial charge in [-0.2, -0.15) is 0 Å².